The number of sulfonamides is 1. The van der Waals surface area contributed by atoms with Gasteiger partial charge in [-0.25, -0.2) is 8.42 Å². The first-order chi connectivity index (χ1) is 18.3. The summed E-state index contributed by atoms with van der Waals surface area (Å²) in [6, 6.07) is 11.5. The Morgan fingerprint density at radius 3 is 2.53 bits per heavy atom. The molecule has 0 bridgehead atoms. The minimum atomic E-state index is -3.50. The van der Waals surface area contributed by atoms with Crippen molar-refractivity contribution in [1.82, 2.24) is 19.3 Å². The Morgan fingerprint density at radius 1 is 1.03 bits per heavy atom. The molecule has 1 aromatic heterocycles. The fourth-order valence-electron chi connectivity index (χ4n) is 4.91. The Balaban J connectivity index is 1.17. The predicted molar refractivity (Wildman–Crippen MR) is 145 cm³/mol. The van der Waals surface area contributed by atoms with Gasteiger partial charge in [0.1, 0.15) is 0 Å². The molecular formula is C26H29Cl2N5O4S. The normalized spacial score (nSPS) is 19.4. The fourth-order valence-corrected chi connectivity index (χ4v) is 6.92. The van der Waals surface area contributed by atoms with Gasteiger partial charge in [-0.05, 0) is 74.7 Å². The van der Waals surface area contributed by atoms with Crippen LogP contribution in [0.2, 0.25) is 10.0 Å². The van der Waals surface area contributed by atoms with E-state index in [0.717, 1.165) is 38.6 Å². The first-order valence-electron chi connectivity index (χ1n) is 12.7. The number of nitrogens with zero attached hydrogens (tertiary/aromatic N) is 4. The molecule has 9 nitrogen and oxygen atoms in total. The number of carbonyl (C=O) groups is 1. The predicted octanol–water partition coefficient (Wildman–Crippen LogP) is 5.07. The Kier molecular flexibility index (Phi) is 8.35. The van der Waals surface area contributed by atoms with Crippen LogP contribution in [-0.2, 0) is 21.4 Å². The van der Waals surface area contributed by atoms with Crippen LogP contribution in [0.4, 0.5) is 5.69 Å². The van der Waals surface area contributed by atoms with Gasteiger partial charge in [-0.3, -0.25) is 9.69 Å². The number of benzene rings is 2. The lowest BCUT2D eigenvalue weighted by molar-refractivity contribution is -0.121. The van der Waals surface area contributed by atoms with Gasteiger partial charge in [-0.15, -0.1) is 0 Å². The molecule has 1 amide bonds. The summed E-state index contributed by atoms with van der Waals surface area (Å²) in [6.45, 7) is 2.89. The molecule has 3 aromatic rings. The maximum Gasteiger partial charge on any atom is 0.243 e. The van der Waals surface area contributed by atoms with Crippen molar-refractivity contribution in [1.29, 1.82) is 0 Å². The summed E-state index contributed by atoms with van der Waals surface area (Å²) >= 11 is 12.2. The molecule has 0 radical (unpaired) electrons. The zero-order chi connectivity index (χ0) is 26.7. The fraction of sp³-hybridized carbons (Fsp3) is 0.423. The van der Waals surface area contributed by atoms with Crippen LogP contribution in [0.3, 0.4) is 0 Å². The molecule has 2 aliphatic heterocycles. The Morgan fingerprint density at radius 2 is 1.79 bits per heavy atom. The molecule has 1 unspecified atom stereocenters. The minimum absolute atomic E-state index is 0.0968. The lowest BCUT2D eigenvalue weighted by Crippen LogP contribution is -2.40. The highest BCUT2D eigenvalue weighted by molar-refractivity contribution is 7.89. The van der Waals surface area contributed by atoms with E-state index in [1.807, 2.05) is 0 Å². The van der Waals surface area contributed by atoms with Crippen LogP contribution >= 0.6 is 23.2 Å². The van der Waals surface area contributed by atoms with Crippen molar-refractivity contribution in [3.63, 3.8) is 0 Å². The number of rotatable bonds is 7. The summed E-state index contributed by atoms with van der Waals surface area (Å²) in [7, 11) is -3.50. The third-order valence-electron chi connectivity index (χ3n) is 6.95. The van der Waals surface area contributed by atoms with Gasteiger partial charge < -0.3 is 9.84 Å². The third-order valence-corrected chi connectivity index (χ3v) is 9.41. The van der Waals surface area contributed by atoms with Crippen molar-refractivity contribution >= 4 is 44.8 Å². The highest BCUT2D eigenvalue weighted by Crippen LogP contribution is 2.29. The van der Waals surface area contributed by atoms with E-state index in [9.17, 15) is 13.2 Å². The van der Waals surface area contributed by atoms with Gasteiger partial charge in [0.15, 0.2) is 0 Å². The average Bonchev–Trinajstić information content (AvgIpc) is 3.37. The molecule has 38 heavy (non-hydrogen) atoms. The largest absolute Gasteiger partial charge is 0.338 e. The molecular weight excluding hydrogens is 549 g/mol. The van der Waals surface area contributed by atoms with Crippen molar-refractivity contribution in [2.75, 3.05) is 31.5 Å². The lowest BCUT2D eigenvalue weighted by atomic mass is 9.97. The Hall–Kier alpha value is -2.50. The Bertz CT molecular complexity index is 1390. The topological polar surface area (TPSA) is 109 Å². The molecule has 12 heteroatoms. The van der Waals surface area contributed by atoms with Crippen molar-refractivity contribution in [2.24, 2.45) is 5.92 Å². The molecule has 3 heterocycles. The molecule has 2 aromatic carbocycles. The number of halogens is 2. The summed E-state index contributed by atoms with van der Waals surface area (Å²) in [5, 5.41) is 7.95. The molecule has 0 saturated carbocycles. The van der Waals surface area contributed by atoms with Crippen LogP contribution in [0, 0.1) is 5.92 Å². The second-order valence-corrected chi connectivity index (χ2v) is 12.5. The number of hydrogen-bond acceptors (Lipinski definition) is 7. The number of piperidine rings is 2. The molecule has 1 atom stereocenters. The van der Waals surface area contributed by atoms with Crippen LogP contribution in [0.15, 0.2) is 51.9 Å². The van der Waals surface area contributed by atoms with E-state index in [4.69, 9.17) is 27.7 Å². The zero-order valence-corrected chi connectivity index (χ0v) is 23.1. The van der Waals surface area contributed by atoms with E-state index in [0.29, 0.717) is 59.2 Å². The van der Waals surface area contributed by atoms with Gasteiger partial charge in [-0.2, -0.15) is 9.29 Å². The highest BCUT2D eigenvalue weighted by Gasteiger charge is 2.28. The van der Waals surface area contributed by atoms with Gasteiger partial charge in [0.2, 0.25) is 27.6 Å². The number of nitrogens with one attached hydrogen (secondary N) is 1. The van der Waals surface area contributed by atoms with Gasteiger partial charge >= 0.3 is 0 Å². The number of hydrogen-bond donors (Lipinski definition) is 1. The second kappa shape index (κ2) is 11.7. The van der Waals surface area contributed by atoms with E-state index in [-0.39, 0.29) is 16.7 Å². The van der Waals surface area contributed by atoms with Crippen LogP contribution in [0.25, 0.3) is 11.4 Å². The van der Waals surface area contributed by atoms with Crippen molar-refractivity contribution < 1.29 is 17.7 Å². The number of likely N-dealkylation sites (tertiary alicyclic amines) is 1. The summed E-state index contributed by atoms with van der Waals surface area (Å²) < 4.78 is 32.7. The molecule has 5 rings (SSSR count). The van der Waals surface area contributed by atoms with Crippen molar-refractivity contribution in [2.45, 2.75) is 43.5 Å². The SMILES string of the molecule is O=C(Nc1ccc(S(=O)(=O)N2CCCCC2)cc1)C1CCCN(Cc2nc(-c3ccc(Cl)cc3Cl)no2)C1. The van der Waals surface area contributed by atoms with E-state index < -0.39 is 10.0 Å². The first kappa shape index (κ1) is 27.1. The molecule has 2 aliphatic rings. The Labute approximate surface area is 232 Å². The maximum absolute atomic E-state index is 13.0. The van der Waals surface area contributed by atoms with Crippen LogP contribution in [-0.4, -0.2) is 59.8 Å². The molecule has 0 spiro atoms. The molecule has 1 N–H and O–H groups in total. The highest BCUT2D eigenvalue weighted by atomic mass is 35.5. The number of carbonyl (C=O) groups excluding carboxylic acids is 1. The lowest BCUT2D eigenvalue weighted by Gasteiger charge is -2.30. The number of aromatic nitrogens is 2. The molecule has 2 saturated heterocycles. The van der Waals surface area contributed by atoms with E-state index in [2.05, 4.69) is 20.4 Å². The van der Waals surface area contributed by atoms with Crippen molar-refractivity contribution in [3.8, 4) is 11.4 Å². The van der Waals surface area contributed by atoms with E-state index >= 15 is 0 Å². The molecule has 202 valence electrons. The van der Waals surface area contributed by atoms with Crippen molar-refractivity contribution in [3.05, 3.63) is 58.4 Å². The van der Waals surface area contributed by atoms with Crippen LogP contribution < -0.4 is 5.32 Å². The summed E-state index contributed by atoms with van der Waals surface area (Å²) in [5.74, 6) is 0.519. The van der Waals surface area contributed by atoms with Crippen LogP contribution in [0.5, 0.6) is 0 Å². The van der Waals surface area contributed by atoms with Gasteiger partial charge in [-0.1, -0.05) is 34.8 Å². The van der Waals surface area contributed by atoms with E-state index in [1.165, 1.54) is 4.31 Å². The monoisotopic (exact) mass is 577 g/mol. The smallest absolute Gasteiger partial charge is 0.243 e. The number of amides is 1. The summed E-state index contributed by atoms with van der Waals surface area (Å²) in [6.07, 6.45) is 4.45. The molecule has 2 fully saturated rings. The minimum Gasteiger partial charge on any atom is -0.338 e. The average molecular weight is 579 g/mol. The van der Waals surface area contributed by atoms with Gasteiger partial charge in [0, 0.05) is 35.9 Å². The van der Waals surface area contributed by atoms with Gasteiger partial charge in [0.05, 0.1) is 22.4 Å². The third kappa shape index (κ3) is 6.21. The van der Waals surface area contributed by atoms with E-state index in [1.54, 1.807) is 42.5 Å². The zero-order valence-electron chi connectivity index (χ0n) is 20.8. The number of anilines is 1. The second-order valence-electron chi connectivity index (χ2n) is 9.69. The summed E-state index contributed by atoms with van der Waals surface area (Å²) in [4.78, 5) is 19.8. The van der Waals surface area contributed by atoms with Crippen LogP contribution in [0.1, 0.15) is 38.0 Å². The maximum atomic E-state index is 13.0. The van der Waals surface area contributed by atoms with Gasteiger partial charge in [0.25, 0.3) is 0 Å². The summed E-state index contributed by atoms with van der Waals surface area (Å²) in [5.41, 5.74) is 1.21. The standard InChI is InChI=1S/C26H29Cl2N5O4S/c27-19-6-11-22(23(28)15-19)25-30-24(37-31-25)17-32-12-4-5-18(16-32)26(34)29-20-7-9-21(10-8-20)38(35,36)33-13-2-1-3-14-33/h6-11,15,18H,1-5,12-14,16-17H2,(H,29,34). The molecule has 0 aliphatic carbocycles. The first-order valence-corrected chi connectivity index (χ1v) is 14.9. The quantitative estimate of drug-likeness (QED) is 0.417.